The minimum Gasteiger partial charge on any atom is -0.491 e. The molecule has 0 spiro atoms. The predicted octanol–water partition coefficient (Wildman–Crippen LogP) is 1.61. The third-order valence-electron chi connectivity index (χ3n) is 1.55. The Morgan fingerprint density at radius 1 is 1.40 bits per heavy atom. The van der Waals surface area contributed by atoms with Crippen LogP contribution in [0.25, 0.3) is 0 Å². The maximum atomic E-state index is 11.1. The van der Waals surface area contributed by atoms with Gasteiger partial charge in [-0.25, -0.2) is 13.6 Å². The maximum Gasteiger partial charge on any atom is 0.241 e. The van der Waals surface area contributed by atoms with Crippen molar-refractivity contribution in [3.8, 4) is 5.75 Å². The molecule has 1 rings (SSSR count). The van der Waals surface area contributed by atoms with Gasteiger partial charge in [-0.05, 0) is 12.1 Å². The molecule has 0 radical (unpaired) electrons. The smallest absolute Gasteiger partial charge is 0.241 e. The molecule has 84 valence electrons. The number of alkyl halides is 1. The molecule has 1 aromatic rings. The lowest BCUT2D eigenvalue weighted by atomic mass is 10.3. The van der Waals surface area contributed by atoms with Crippen molar-refractivity contribution in [2.45, 2.75) is 4.90 Å². The Morgan fingerprint density at radius 2 is 2.07 bits per heavy atom. The van der Waals surface area contributed by atoms with Crippen LogP contribution in [0, 0.1) is 0 Å². The van der Waals surface area contributed by atoms with Crippen molar-refractivity contribution in [1.29, 1.82) is 0 Å². The Morgan fingerprint density at radius 3 is 2.60 bits per heavy atom. The second-order valence-electron chi connectivity index (χ2n) is 2.67. The zero-order chi connectivity index (χ0) is 11.5. The van der Waals surface area contributed by atoms with Crippen molar-refractivity contribution >= 4 is 33.2 Å². The lowest BCUT2D eigenvalue weighted by Crippen LogP contribution is -2.14. The zero-order valence-corrected chi connectivity index (χ0v) is 9.94. The molecule has 0 heterocycles. The van der Waals surface area contributed by atoms with E-state index in [1.54, 1.807) is 0 Å². The van der Waals surface area contributed by atoms with Gasteiger partial charge in [0.2, 0.25) is 10.0 Å². The topological polar surface area (TPSA) is 69.4 Å². The molecule has 1 aromatic carbocycles. The largest absolute Gasteiger partial charge is 0.491 e. The molecule has 4 nitrogen and oxygen atoms in total. The molecule has 0 saturated carbocycles. The van der Waals surface area contributed by atoms with Gasteiger partial charge in [-0.15, -0.1) is 11.6 Å². The highest BCUT2D eigenvalue weighted by molar-refractivity contribution is 7.89. The summed E-state index contributed by atoms with van der Waals surface area (Å²) in [6, 6.07) is 4.10. The number of rotatable bonds is 4. The summed E-state index contributed by atoms with van der Waals surface area (Å²) >= 11 is 11.1. The van der Waals surface area contributed by atoms with E-state index < -0.39 is 10.0 Å². The summed E-state index contributed by atoms with van der Waals surface area (Å²) in [5, 5.41) is 5.36. The second-order valence-corrected chi connectivity index (χ2v) is 5.02. The van der Waals surface area contributed by atoms with E-state index in [-0.39, 0.29) is 23.1 Å². The molecular formula is C8H9Cl2NO3S. The van der Waals surface area contributed by atoms with Gasteiger partial charge < -0.3 is 4.74 Å². The molecule has 0 aliphatic rings. The summed E-state index contributed by atoms with van der Waals surface area (Å²) in [6.45, 7) is 0.185. The normalized spacial score (nSPS) is 11.4. The monoisotopic (exact) mass is 269 g/mol. The summed E-state index contributed by atoms with van der Waals surface area (Å²) in [5.41, 5.74) is 0. The first-order chi connectivity index (χ1) is 6.95. The van der Waals surface area contributed by atoms with Crippen molar-refractivity contribution in [3.63, 3.8) is 0 Å². The number of hydrogen-bond acceptors (Lipinski definition) is 3. The lowest BCUT2D eigenvalue weighted by molar-refractivity contribution is 0.333. The summed E-state index contributed by atoms with van der Waals surface area (Å²) < 4.78 is 27.4. The van der Waals surface area contributed by atoms with Crippen molar-refractivity contribution in [2.24, 2.45) is 5.14 Å². The number of primary sulfonamides is 1. The van der Waals surface area contributed by atoms with E-state index >= 15 is 0 Å². The highest BCUT2D eigenvalue weighted by atomic mass is 35.5. The number of ether oxygens (including phenoxy) is 1. The average molecular weight is 270 g/mol. The Hall–Kier alpha value is -0.490. The van der Waals surface area contributed by atoms with Crippen LogP contribution >= 0.6 is 23.2 Å². The molecule has 0 aliphatic heterocycles. The molecule has 0 saturated heterocycles. The summed E-state index contributed by atoms with van der Waals surface area (Å²) in [7, 11) is -3.81. The zero-order valence-electron chi connectivity index (χ0n) is 7.61. The fraction of sp³-hybridized carbons (Fsp3) is 0.250. The van der Waals surface area contributed by atoms with Gasteiger partial charge in [0, 0.05) is 11.1 Å². The van der Waals surface area contributed by atoms with Crippen molar-refractivity contribution in [1.82, 2.24) is 0 Å². The molecule has 0 unspecified atom stereocenters. The van der Waals surface area contributed by atoms with E-state index in [0.717, 1.165) is 0 Å². The van der Waals surface area contributed by atoms with Crippen LogP contribution in [-0.2, 0) is 10.0 Å². The van der Waals surface area contributed by atoms with Crippen LogP contribution in [0.4, 0.5) is 0 Å². The Bertz CT molecular complexity index is 447. The third-order valence-corrected chi connectivity index (χ3v) is 2.89. The van der Waals surface area contributed by atoms with Crippen LogP contribution in [0.3, 0.4) is 0 Å². The third kappa shape index (κ3) is 3.53. The van der Waals surface area contributed by atoms with E-state index in [1.165, 1.54) is 18.2 Å². The summed E-state index contributed by atoms with van der Waals surface area (Å²) in [5.74, 6) is 0.363. The van der Waals surface area contributed by atoms with Crippen LogP contribution in [0.1, 0.15) is 0 Å². The Labute approximate surface area is 98.0 Å². The Balaban J connectivity index is 3.15. The predicted molar refractivity (Wildman–Crippen MR) is 59.0 cm³/mol. The average Bonchev–Trinajstić information content (AvgIpc) is 2.12. The molecular weight excluding hydrogens is 261 g/mol. The SMILES string of the molecule is NS(=O)(=O)c1ccc(Cl)cc1OCCCl. The molecule has 15 heavy (non-hydrogen) atoms. The molecule has 7 heteroatoms. The number of sulfonamides is 1. The van der Waals surface area contributed by atoms with Gasteiger partial charge in [0.15, 0.2) is 0 Å². The summed E-state index contributed by atoms with van der Waals surface area (Å²) in [6.07, 6.45) is 0. The minimum atomic E-state index is -3.81. The molecule has 0 atom stereocenters. The van der Waals surface area contributed by atoms with Gasteiger partial charge in [-0.2, -0.15) is 0 Å². The van der Waals surface area contributed by atoms with Crippen LogP contribution in [-0.4, -0.2) is 20.9 Å². The van der Waals surface area contributed by atoms with Gasteiger partial charge >= 0.3 is 0 Å². The van der Waals surface area contributed by atoms with E-state index in [1.807, 2.05) is 0 Å². The quantitative estimate of drug-likeness (QED) is 0.845. The number of hydrogen-bond donors (Lipinski definition) is 1. The molecule has 0 aliphatic carbocycles. The van der Waals surface area contributed by atoms with E-state index in [0.29, 0.717) is 5.02 Å². The first-order valence-electron chi connectivity index (χ1n) is 3.96. The van der Waals surface area contributed by atoms with Gasteiger partial charge in [0.05, 0.1) is 5.88 Å². The molecule has 0 fully saturated rings. The fourth-order valence-electron chi connectivity index (χ4n) is 0.978. The molecule has 0 bridgehead atoms. The van der Waals surface area contributed by atoms with Crippen LogP contribution in [0.2, 0.25) is 5.02 Å². The highest BCUT2D eigenvalue weighted by Gasteiger charge is 2.15. The molecule has 0 amide bonds. The van der Waals surface area contributed by atoms with Crippen LogP contribution in [0.5, 0.6) is 5.75 Å². The number of benzene rings is 1. The first-order valence-corrected chi connectivity index (χ1v) is 6.42. The Kier molecular flexibility index (Phi) is 4.21. The van der Waals surface area contributed by atoms with Crippen molar-refractivity contribution in [2.75, 3.05) is 12.5 Å². The molecule has 0 aromatic heterocycles. The number of nitrogens with two attached hydrogens (primary N) is 1. The van der Waals surface area contributed by atoms with Gasteiger partial charge in [0.1, 0.15) is 17.3 Å². The molecule has 2 N–H and O–H groups in total. The first kappa shape index (κ1) is 12.6. The fourth-order valence-corrected chi connectivity index (χ4v) is 1.87. The van der Waals surface area contributed by atoms with E-state index in [4.69, 9.17) is 33.1 Å². The highest BCUT2D eigenvalue weighted by Crippen LogP contribution is 2.26. The van der Waals surface area contributed by atoms with Gasteiger partial charge in [-0.1, -0.05) is 11.6 Å². The summed E-state index contributed by atoms with van der Waals surface area (Å²) in [4.78, 5) is -0.1000. The lowest BCUT2D eigenvalue weighted by Gasteiger charge is -2.08. The van der Waals surface area contributed by atoms with Gasteiger partial charge in [-0.3, -0.25) is 0 Å². The maximum absolute atomic E-state index is 11.1. The van der Waals surface area contributed by atoms with Gasteiger partial charge in [0.25, 0.3) is 0 Å². The van der Waals surface area contributed by atoms with E-state index in [2.05, 4.69) is 0 Å². The van der Waals surface area contributed by atoms with Crippen molar-refractivity contribution < 1.29 is 13.2 Å². The number of halogens is 2. The van der Waals surface area contributed by atoms with Crippen molar-refractivity contribution in [3.05, 3.63) is 23.2 Å². The minimum absolute atomic E-state index is 0.1000. The van der Waals surface area contributed by atoms with Crippen LogP contribution < -0.4 is 9.88 Å². The van der Waals surface area contributed by atoms with Crippen LogP contribution in [0.15, 0.2) is 23.1 Å². The second kappa shape index (κ2) is 5.03. The standard InChI is InChI=1S/C8H9Cl2NO3S/c9-3-4-14-7-5-6(10)1-2-8(7)15(11,12)13/h1-2,5H,3-4H2,(H2,11,12,13). The van der Waals surface area contributed by atoms with E-state index in [9.17, 15) is 8.42 Å².